The molecule has 0 heterocycles. The van der Waals surface area contributed by atoms with Gasteiger partial charge in [-0.05, 0) is 36.8 Å². The van der Waals surface area contributed by atoms with Gasteiger partial charge in [0.2, 0.25) is 0 Å². The van der Waals surface area contributed by atoms with Crippen LogP contribution in [0.1, 0.15) is 26.3 Å². The fourth-order valence-corrected chi connectivity index (χ4v) is 2.29. The number of para-hydroxylation sites is 1. The van der Waals surface area contributed by atoms with Crippen molar-refractivity contribution < 1.29 is 19.0 Å². The van der Waals surface area contributed by atoms with E-state index in [1.54, 1.807) is 6.92 Å². The number of hydrogen-bond donors (Lipinski definition) is 0. The maximum atomic E-state index is 11.4. The molecule has 0 aliphatic carbocycles. The maximum absolute atomic E-state index is 11.4. The molecule has 0 amide bonds. The second-order valence-corrected chi connectivity index (χ2v) is 6.63. The van der Waals surface area contributed by atoms with Crippen LogP contribution in [-0.2, 0) is 20.9 Å². The molecule has 0 fully saturated rings. The van der Waals surface area contributed by atoms with Gasteiger partial charge in [0.15, 0.2) is 0 Å². The van der Waals surface area contributed by atoms with Gasteiger partial charge in [0, 0.05) is 11.5 Å². The number of ether oxygens (including phenoxy) is 3. The highest BCUT2D eigenvalue weighted by atomic mass is 16.5. The van der Waals surface area contributed by atoms with Crippen molar-refractivity contribution in [3.63, 3.8) is 0 Å². The van der Waals surface area contributed by atoms with Gasteiger partial charge in [0.05, 0.1) is 19.8 Å². The molecule has 0 aliphatic heterocycles. The minimum absolute atomic E-state index is 0.259. The van der Waals surface area contributed by atoms with Crippen LogP contribution in [-0.4, -0.2) is 19.2 Å². The van der Waals surface area contributed by atoms with E-state index in [-0.39, 0.29) is 11.4 Å². The summed E-state index contributed by atoms with van der Waals surface area (Å²) in [6.45, 7) is 7.15. The quantitative estimate of drug-likeness (QED) is 0.462. The molecule has 2 aromatic rings. The standard InChI is InChI=1S/C22H26O4/c1-4-25-21(23)13-14-22(2,3)17-24-16-18-9-8-12-20(15-18)26-19-10-6-5-7-11-19/h5-15H,4,16-17H2,1-3H3. The van der Waals surface area contributed by atoms with Gasteiger partial charge >= 0.3 is 5.97 Å². The average molecular weight is 354 g/mol. The van der Waals surface area contributed by atoms with E-state index in [4.69, 9.17) is 14.2 Å². The van der Waals surface area contributed by atoms with E-state index in [1.807, 2.05) is 74.5 Å². The van der Waals surface area contributed by atoms with Crippen molar-refractivity contribution in [1.82, 2.24) is 0 Å². The summed E-state index contributed by atoms with van der Waals surface area (Å²) in [4.78, 5) is 11.4. The molecule has 0 radical (unpaired) electrons. The Hall–Kier alpha value is -2.59. The molecule has 0 saturated heterocycles. The van der Waals surface area contributed by atoms with Crippen molar-refractivity contribution in [2.24, 2.45) is 5.41 Å². The van der Waals surface area contributed by atoms with E-state index in [2.05, 4.69) is 0 Å². The molecule has 4 nitrogen and oxygen atoms in total. The van der Waals surface area contributed by atoms with E-state index in [0.29, 0.717) is 19.8 Å². The molecule has 0 spiro atoms. The first-order valence-corrected chi connectivity index (χ1v) is 8.74. The predicted molar refractivity (Wildman–Crippen MR) is 102 cm³/mol. The number of carbonyl (C=O) groups excluding carboxylic acids is 1. The summed E-state index contributed by atoms with van der Waals surface area (Å²) in [6, 6.07) is 17.5. The van der Waals surface area contributed by atoms with Crippen LogP contribution < -0.4 is 4.74 Å². The van der Waals surface area contributed by atoms with Crippen molar-refractivity contribution >= 4 is 5.97 Å². The second-order valence-electron chi connectivity index (χ2n) is 6.63. The van der Waals surface area contributed by atoms with Crippen molar-refractivity contribution in [3.05, 3.63) is 72.3 Å². The Bertz CT molecular complexity index is 720. The normalized spacial score (nSPS) is 11.5. The lowest BCUT2D eigenvalue weighted by Gasteiger charge is -2.20. The minimum Gasteiger partial charge on any atom is -0.463 e. The van der Waals surface area contributed by atoms with Crippen molar-refractivity contribution in [3.8, 4) is 11.5 Å². The maximum Gasteiger partial charge on any atom is 0.330 e. The van der Waals surface area contributed by atoms with Crippen LogP contribution in [0.5, 0.6) is 11.5 Å². The molecular formula is C22H26O4. The van der Waals surface area contributed by atoms with Crippen molar-refractivity contribution in [2.45, 2.75) is 27.4 Å². The molecule has 2 aromatic carbocycles. The number of hydrogen-bond acceptors (Lipinski definition) is 4. The van der Waals surface area contributed by atoms with Crippen LogP contribution in [0.2, 0.25) is 0 Å². The predicted octanol–water partition coefficient (Wildman–Crippen LogP) is 5.14. The fourth-order valence-electron chi connectivity index (χ4n) is 2.29. The third kappa shape index (κ3) is 7.11. The molecule has 2 rings (SSSR count). The topological polar surface area (TPSA) is 44.8 Å². The van der Waals surface area contributed by atoms with E-state index >= 15 is 0 Å². The largest absolute Gasteiger partial charge is 0.463 e. The number of benzene rings is 2. The molecule has 0 bridgehead atoms. The van der Waals surface area contributed by atoms with E-state index in [9.17, 15) is 4.79 Å². The Morgan fingerprint density at radius 1 is 1.04 bits per heavy atom. The molecule has 0 aromatic heterocycles. The van der Waals surface area contributed by atoms with E-state index in [1.165, 1.54) is 6.08 Å². The van der Waals surface area contributed by atoms with E-state index in [0.717, 1.165) is 17.1 Å². The van der Waals surface area contributed by atoms with Gasteiger partial charge in [0.25, 0.3) is 0 Å². The van der Waals surface area contributed by atoms with Crippen molar-refractivity contribution in [1.29, 1.82) is 0 Å². The molecule has 0 atom stereocenters. The van der Waals surface area contributed by atoms with Gasteiger partial charge in [-0.15, -0.1) is 0 Å². The summed E-state index contributed by atoms with van der Waals surface area (Å²) in [5, 5.41) is 0. The highest BCUT2D eigenvalue weighted by Crippen LogP contribution is 2.23. The lowest BCUT2D eigenvalue weighted by molar-refractivity contribution is -0.137. The lowest BCUT2D eigenvalue weighted by atomic mass is 9.94. The zero-order valence-electron chi connectivity index (χ0n) is 15.6. The Balaban J connectivity index is 1.85. The van der Waals surface area contributed by atoms with E-state index < -0.39 is 0 Å². The monoisotopic (exact) mass is 354 g/mol. The minimum atomic E-state index is -0.327. The summed E-state index contributed by atoms with van der Waals surface area (Å²) in [7, 11) is 0. The van der Waals surface area contributed by atoms with Gasteiger partial charge in [0.1, 0.15) is 11.5 Å². The van der Waals surface area contributed by atoms with Gasteiger partial charge < -0.3 is 14.2 Å². The smallest absolute Gasteiger partial charge is 0.330 e. The zero-order valence-corrected chi connectivity index (χ0v) is 15.6. The molecule has 26 heavy (non-hydrogen) atoms. The second kappa shape index (κ2) is 9.78. The Morgan fingerprint density at radius 2 is 1.77 bits per heavy atom. The van der Waals surface area contributed by atoms with Gasteiger partial charge in [-0.1, -0.05) is 50.3 Å². The SMILES string of the molecule is CCOC(=O)C=CC(C)(C)COCc1cccc(Oc2ccccc2)c1. The molecule has 0 aliphatic rings. The van der Waals surface area contributed by atoms with Crippen molar-refractivity contribution in [2.75, 3.05) is 13.2 Å². The van der Waals surface area contributed by atoms with Crippen LogP contribution >= 0.6 is 0 Å². The molecule has 0 N–H and O–H groups in total. The first-order valence-electron chi connectivity index (χ1n) is 8.74. The number of esters is 1. The van der Waals surface area contributed by atoms with Crippen LogP contribution in [0.3, 0.4) is 0 Å². The third-order valence-corrected chi connectivity index (χ3v) is 3.58. The zero-order chi connectivity index (χ0) is 18.8. The first kappa shape index (κ1) is 19.7. The third-order valence-electron chi connectivity index (χ3n) is 3.58. The molecular weight excluding hydrogens is 328 g/mol. The van der Waals surface area contributed by atoms with Crippen LogP contribution in [0.4, 0.5) is 0 Å². The van der Waals surface area contributed by atoms with Crippen LogP contribution in [0.15, 0.2) is 66.7 Å². The Morgan fingerprint density at radius 3 is 2.50 bits per heavy atom. The van der Waals surface area contributed by atoms with Crippen LogP contribution in [0, 0.1) is 5.41 Å². The summed E-state index contributed by atoms with van der Waals surface area (Å²) >= 11 is 0. The fraction of sp³-hybridized carbons (Fsp3) is 0.318. The van der Waals surface area contributed by atoms with Gasteiger partial charge in [-0.3, -0.25) is 0 Å². The number of rotatable bonds is 9. The first-order chi connectivity index (χ1) is 12.5. The summed E-state index contributed by atoms with van der Waals surface area (Å²) < 4.78 is 16.6. The Labute approximate surface area is 155 Å². The molecule has 0 unspecified atom stereocenters. The summed E-state index contributed by atoms with van der Waals surface area (Å²) in [5.41, 5.74) is 0.772. The molecule has 138 valence electrons. The summed E-state index contributed by atoms with van der Waals surface area (Å²) in [6.07, 6.45) is 3.28. The van der Waals surface area contributed by atoms with Crippen LogP contribution in [0.25, 0.3) is 0 Å². The van der Waals surface area contributed by atoms with Gasteiger partial charge in [-0.25, -0.2) is 4.79 Å². The molecule has 0 saturated carbocycles. The highest BCUT2D eigenvalue weighted by Gasteiger charge is 2.15. The number of carbonyl (C=O) groups is 1. The molecule has 4 heteroatoms. The Kier molecular flexibility index (Phi) is 7.42. The average Bonchev–Trinajstić information content (AvgIpc) is 2.62. The lowest BCUT2D eigenvalue weighted by Crippen LogP contribution is -2.17. The summed E-state index contributed by atoms with van der Waals surface area (Å²) in [5.74, 6) is 1.25. The highest BCUT2D eigenvalue weighted by molar-refractivity contribution is 5.81. The van der Waals surface area contributed by atoms with Gasteiger partial charge in [-0.2, -0.15) is 0 Å².